The first-order valence-electron chi connectivity index (χ1n) is 14.3. The van der Waals surface area contributed by atoms with E-state index in [1.807, 2.05) is 30.3 Å². The van der Waals surface area contributed by atoms with E-state index >= 15 is 0 Å². The summed E-state index contributed by atoms with van der Waals surface area (Å²) in [5.41, 5.74) is 0.797. The van der Waals surface area contributed by atoms with Crippen molar-refractivity contribution in [3.63, 3.8) is 0 Å². The molecule has 1 unspecified atom stereocenters. The molecule has 9 nitrogen and oxygen atoms in total. The fourth-order valence-electron chi connectivity index (χ4n) is 7.64. The highest BCUT2D eigenvalue weighted by Crippen LogP contribution is 2.65. The molecule has 5 atom stereocenters. The number of hydrogen-bond acceptors (Lipinski definition) is 9. The molecule has 1 aliphatic carbocycles. The summed E-state index contributed by atoms with van der Waals surface area (Å²) >= 11 is 0. The lowest BCUT2D eigenvalue weighted by molar-refractivity contribution is -0.176. The molecule has 0 saturated carbocycles. The summed E-state index contributed by atoms with van der Waals surface area (Å²) in [4.78, 5) is 40.3. The third-order valence-electron chi connectivity index (χ3n) is 9.37. The molecule has 1 aromatic carbocycles. The molecule has 1 aromatic rings. The quantitative estimate of drug-likeness (QED) is 0.249. The minimum Gasteiger partial charge on any atom is -0.465 e. The van der Waals surface area contributed by atoms with Gasteiger partial charge in [-0.05, 0) is 27.6 Å². The minimum absolute atomic E-state index is 0.0848. The molecule has 0 spiro atoms. The molecule has 4 rings (SSSR count). The van der Waals surface area contributed by atoms with Gasteiger partial charge in [-0.1, -0.05) is 78.8 Å². The number of carbonyl (C=O) groups is 3. The van der Waals surface area contributed by atoms with Gasteiger partial charge in [-0.25, -0.2) is 14.4 Å². The highest BCUT2D eigenvalue weighted by atomic mass is 28.4. The topological polar surface area (TPSA) is 107 Å². The normalized spacial score (nSPS) is 29.0. The van der Waals surface area contributed by atoms with Crippen molar-refractivity contribution >= 4 is 26.2 Å². The Balaban J connectivity index is 2.11. The van der Waals surface area contributed by atoms with Gasteiger partial charge in [-0.3, -0.25) is 0 Å². The summed E-state index contributed by atoms with van der Waals surface area (Å²) in [7, 11) is 2.21. The molecule has 2 heterocycles. The van der Waals surface area contributed by atoms with Gasteiger partial charge in [0.15, 0.2) is 0 Å². The first-order chi connectivity index (χ1) is 19.6. The predicted molar refractivity (Wildman–Crippen MR) is 158 cm³/mol. The molecule has 0 aromatic heterocycles. The second-order valence-electron chi connectivity index (χ2n) is 13.4. The van der Waals surface area contributed by atoms with Crippen LogP contribution >= 0.6 is 0 Å². The number of methoxy groups -OCH3 is 4. The maximum absolute atomic E-state index is 13.6. The van der Waals surface area contributed by atoms with E-state index in [9.17, 15) is 14.4 Å². The van der Waals surface area contributed by atoms with E-state index in [0.29, 0.717) is 11.6 Å². The second-order valence-corrected chi connectivity index (χ2v) is 18.7. The monoisotopic (exact) mass is 600 g/mol. The van der Waals surface area contributed by atoms with Crippen LogP contribution in [0.3, 0.4) is 0 Å². The Kier molecular flexibility index (Phi) is 8.45. The zero-order valence-electron chi connectivity index (χ0n) is 26.6. The van der Waals surface area contributed by atoms with E-state index in [1.54, 1.807) is 0 Å². The third-order valence-corrected chi connectivity index (χ3v) is 15.9. The number of benzene rings is 1. The van der Waals surface area contributed by atoms with Crippen LogP contribution in [0.1, 0.15) is 60.1 Å². The van der Waals surface area contributed by atoms with Crippen molar-refractivity contribution in [3.8, 4) is 0 Å². The van der Waals surface area contributed by atoms with Crippen LogP contribution in [-0.2, 0) is 42.5 Å². The van der Waals surface area contributed by atoms with Crippen LogP contribution in [0.4, 0.5) is 0 Å². The van der Waals surface area contributed by atoms with Gasteiger partial charge in [0, 0.05) is 18.6 Å². The van der Waals surface area contributed by atoms with Gasteiger partial charge in [0.2, 0.25) is 14.1 Å². The molecule has 2 aliphatic heterocycles. The number of ether oxygens (including phenoxy) is 5. The van der Waals surface area contributed by atoms with Gasteiger partial charge < -0.3 is 28.1 Å². The Morgan fingerprint density at radius 2 is 1.36 bits per heavy atom. The Labute approximate surface area is 249 Å². The number of fused-ring (bicyclic) bond motifs is 3. The molecule has 10 heteroatoms. The molecule has 0 amide bonds. The van der Waals surface area contributed by atoms with Crippen LogP contribution in [0.15, 0.2) is 52.6 Å². The molecule has 0 bridgehead atoms. The van der Waals surface area contributed by atoms with Crippen LogP contribution in [0.2, 0.25) is 16.1 Å². The van der Waals surface area contributed by atoms with Crippen molar-refractivity contribution in [1.29, 1.82) is 0 Å². The second kappa shape index (κ2) is 11.0. The number of carbonyl (C=O) groups excluding carboxylic acids is 3. The van der Waals surface area contributed by atoms with Crippen LogP contribution in [-0.4, -0.2) is 66.6 Å². The Bertz CT molecular complexity index is 1300. The van der Waals surface area contributed by atoms with Crippen molar-refractivity contribution in [2.24, 2.45) is 11.8 Å². The zero-order valence-corrected chi connectivity index (χ0v) is 27.6. The first-order valence-corrected chi connectivity index (χ1v) is 16.4. The van der Waals surface area contributed by atoms with Crippen molar-refractivity contribution in [3.05, 3.63) is 58.2 Å². The van der Waals surface area contributed by atoms with E-state index in [0.717, 1.165) is 5.56 Å². The summed E-state index contributed by atoms with van der Waals surface area (Å²) in [6.07, 6.45) is -0.884. The van der Waals surface area contributed by atoms with Crippen molar-refractivity contribution in [1.82, 2.24) is 0 Å². The maximum atomic E-state index is 13.6. The van der Waals surface area contributed by atoms with Crippen molar-refractivity contribution in [2.45, 2.75) is 82.6 Å². The highest BCUT2D eigenvalue weighted by molar-refractivity contribution is 6.79. The highest BCUT2D eigenvalue weighted by Gasteiger charge is 2.70. The Morgan fingerprint density at radius 3 is 1.83 bits per heavy atom. The molecule has 230 valence electrons. The molecule has 42 heavy (non-hydrogen) atoms. The van der Waals surface area contributed by atoms with Gasteiger partial charge in [-0.2, -0.15) is 0 Å². The van der Waals surface area contributed by atoms with Crippen LogP contribution in [0, 0.1) is 11.8 Å². The van der Waals surface area contributed by atoms with E-state index in [-0.39, 0.29) is 38.8 Å². The average Bonchev–Trinajstić information content (AvgIpc) is 3.36. The summed E-state index contributed by atoms with van der Waals surface area (Å²) in [5.74, 6) is -5.13. The van der Waals surface area contributed by atoms with Crippen LogP contribution in [0.5, 0.6) is 0 Å². The number of esters is 3. The fraction of sp³-hybridized carbons (Fsp3) is 0.594. The first kappa shape index (κ1) is 32.1. The van der Waals surface area contributed by atoms with Crippen molar-refractivity contribution < 1.29 is 42.5 Å². The molecule has 0 N–H and O–H groups in total. The SMILES string of the molecule is COC(=O)C1=C(C(=O)OC)C2(OC)O[C@H]3C[Si](C(C)(C)C)(C(C)(C)C)O[C@H](c4ccccc4)[C@@H](C)[C@@H]3C2=C1C(=O)OC. The van der Waals surface area contributed by atoms with Gasteiger partial charge >= 0.3 is 17.9 Å². The van der Waals surface area contributed by atoms with E-state index < -0.39 is 44.0 Å². The molecule has 0 radical (unpaired) electrons. The van der Waals surface area contributed by atoms with E-state index in [1.165, 1.54) is 28.4 Å². The van der Waals surface area contributed by atoms with Gasteiger partial charge in [0.25, 0.3) is 0 Å². The Hall–Kier alpha value is -2.79. The smallest absolute Gasteiger partial charge is 0.340 e. The standard InChI is InChI=1S/C32H44O9Si/c1-18-21-20(17-42(30(2,3)4,31(5,6)7)41-26(18)19-15-13-12-14-16-19)40-32(39-11)24(21)22(27(33)36-8)23(28(34)37-9)25(32)29(35)38-10/h12-16,18,20-21,26H,17H2,1-11H3/t18-,20-,21-,26-,32?/m0/s1. The average molecular weight is 601 g/mol. The zero-order chi connectivity index (χ0) is 31.4. The van der Waals surface area contributed by atoms with E-state index in [4.69, 9.17) is 28.1 Å². The minimum atomic E-state index is -2.81. The van der Waals surface area contributed by atoms with Crippen LogP contribution < -0.4 is 0 Å². The van der Waals surface area contributed by atoms with Gasteiger partial charge in [-0.15, -0.1) is 0 Å². The molecule has 2 fully saturated rings. The summed E-state index contributed by atoms with van der Waals surface area (Å²) in [6.45, 7) is 15.4. The molecule has 3 aliphatic rings. The predicted octanol–water partition coefficient (Wildman–Crippen LogP) is 5.42. The van der Waals surface area contributed by atoms with Gasteiger partial charge in [0.1, 0.15) is 5.57 Å². The summed E-state index contributed by atoms with van der Waals surface area (Å²) in [6, 6.07) is 10.6. The summed E-state index contributed by atoms with van der Waals surface area (Å²) < 4.78 is 35.9. The lowest BCUT2D eigenvalue weighted by atomic mass is 9.76. The lowest BCUT2D eigenvalue weighted by Gasteiger charge is -2.52. The van der Waals surface area contributed by atoms with Crippen LogP contribution in [0.25, 0.3) is 0 Å². The summed E-state index contributed by atoms with van der Waals surface area (Å²) in [5, 5.41) is -0.460. The molecule has 2 saturated heterocycles. The lowest BCUT2D eigenvalue weighted by Crippen LogP contribution is -2.56. The van der Waals surface area contributed by atoms with Crippen molar-refractivity contribution in [2.75, 3.05) is 28.4 Å². The Morgan fingerprint density at radius 1 is 0.833 bits per heavy atom. The largest absolute Gasteiger partial charge is 0.465 e. The van der Waals surface area contributed by atoms with Gasteiger partial charge in [0.05, 0.1) is 44.7 Å². The number of rotatable bonds is 5. The third kappa shape index (κ3) is 4.58. The molecular formula is C32H44O9Si. The van der Waals surface area contributed by atoms with E-state index in [2.05, 4.69) is 48.5 Å². The maximum Gasteiger partial charge on any atom is 0.340 e. The molecular weight excluding hydrogens is 556 g/mol. The number of hydrogen-bond donors (Lipinski definition) is 0. The fourth-order valence-corrected chi connectivity index (χ4v) is 13.6.